The normalized spacial score (nSPS) is 39.9. The Bertz CT molecular complexity index is 337. The van der Waals surface area contributed by atoms with Crippen LogP contribution < -0.4 is 0 Å². The van der Waals surface area contributed by atoms with Crippen molar-refractivity contribution in [1.82, 2.24) is 0 Å². The number of aliphatic hydroxyl groups is 1. The molecule has 0 bridgehead atoms. The standard InChI is InChI=1S/C9H10Cl4O6/c10-1-3(16-2-14)5-4(15)6-7(17-5)19-8(18-6)9(11,12)13/h2-8,15H,1H2. The molecule has 0 aromatic heterocycles. The van der Waals surface area contributed by atoms with E-state index in [4.69, 9.17) is 65.4 Å². The molecule has 2 aliphatic rings. The fraction of sp³-hybridized carbons (Fsp3) is 0.889. The lowest BCUT2D eigenvalue weighted by molar-refractivity contribution is -0.188. The first-order valence-corrected chi connectivity index (χ1v) is 6.91. The predicted octanol–water partition coefficient (Wildman–Crippen LogP) is 0.964. The van der Waals surface area contributed by atoms with Crippen molar-refractivity contribution < 1.29 is 28.8 Å². The van der Waals surface area contributed by atoms with Crippen LogP contribution in [0.4, 0.5) is 0 Å². The van der Waals surface area contributed by atoms with E-state index in [9.17, 15) is 9.90 Å². The Kier molecular flexibility index (Phi) is 5.07. The lowest BCUT2D eigenvalue weighted by Gasteiger charge is -2.25. The third-order valence-electron chi connectivity index (χ3n) is 2.79. The smallest absolute Gasteiger partial charge is 0.293 e. The van der Waals surface area contributed by atoms with Gasteiger partial charge in [0.15, 0.2) is 6.29 Å². The number of halogens is 4. The molecular formula is C9H10Cl4O6. The fourth-order valence-electron chi connectivity index (χ4n) is 1.95. The van der Waals surface area contributed by atoms with Crippen LogP contribution >= 0.6 is 46.4 Å². The number of hydrogen-bond acceptors (Lipinski definition) is 6. The van der Waals surface area contributed by atoms with Gasteiger partial charge in [0.1, 0.15) is 24.4 Å². The van der Waals surface area contributed by atoms with Gasteiger partial charge < -0.3 is 24.1 Å². The van der Waals surface area contributed by atoms with Gasteiger partial charge in [-0.1, -0.05) is 34.8 Å². The van der Waals surface area contributed by atoms with Crippen LogP contribution in [0.25, 0.3) is 0 Å². The Morgan fingerprint density at radius 3 is 2.47 bits per heavy atom. The lowest BCUT2D eigenvalue weighted by Crippen LogP contribution is -2.42. The number of fused-ring (bicyclic) bond motifs is 1. The summed E-state index contributed by atoms with van der Waals surface area (Å²) in [5, 5.41) is 10.1. The molecule has 0 aliphatic carbocycles. The molecule has 0 spiro atoms. The summed E-state index contributed by atoms with van der Waals surface area (Å²) in [4.78, 5) is 10.3. The molecule has 1 N–H and O–H groups in total. The number of carbonyl (C=O) groups excluding carboxylic acids is 1. The predicted molar refractivity (Wildman–Crippen MR) is 66.4 cm³/mol. The van der Waals surface area contributed by atoms with Gasteiger partial charge >= 0.3 is 0 Å². The lowest BCUT2D eigenvalue weighted by atomic mass is 10.1. The summed E-state index contributed by atoms with van der Waals surface area (Å²) in [5.41, 5.74) is 0. The first-order valence-electron chi connectivity index (χ1n) is 5.24. The van der Waals surface area contributed by atoms with Gasteiger partial charge in [0, 0.05) is 0 Å². The topological polar surface area (TPSA) is 74.2 Å². The maximum Gasteiger partial charge on any atom is 0.293 e. The zero-order chi connectivity index (χ0) is 14.2. The maximum atomic E-state index is 10.3. The molecular weight excluding hydrogens is 346 g/mol. The van der Waals surface area contributed by atoms with Crippen molar-refractivity contribution in [2.45, 2.75) is 40.8 Å². The molecule has 2 heterocycles. The highest BCUT2D eigenvalue weighted by atomic mass is 35.6. The average molecular weight is 356 g/mol. The highest BCUT2D eigenvalue weighted by molar-refractivity contribution is 6.67. The number of hydrogen-bond donors (Lipinski definition) is 1. The molecule has 2 fully saturated rings. The summed E-state index contributed by atoms with van der Waals surface area (Å²) in [7, 11) is 0. The van der Waals surface area contributed by atoms with E-state index in [1.807, 2.05) is 0 Å². The molecule has 2 rings (SSSR count). The van der Waals surface area contributed by atoms with Crippen LogP contribution in [0, 0.1) is 0 Å². The second kappa shape index (κ2) is 6.07. The quantitative estimate of drug-likeness (QED) is 0.598. The van der Waals surface area contributed by atoms with Crippen LogP contribution in [0.1, 0.15) is 0 Å². The number of alkyl halides is 4. The van der Waals surface area contributed by atoms with Crippen molar-refractivity contribution >= 4 is 52.9 Å². The highest BCUT2D eigenvalue weighted by Gasteiger charge is 2.57. The summed E-state index contributed by atoms with van der Waals surface area (Å²) in [6.45, 7) is 0.225. The molecule has 6 nitrogen and oxygen atoms in total. The third-order valence-corrected chi connectivity index (χ3v) is 3.63. The number of carbonyl (C=O) groups is 1. The van der Waals surface area contributed by atoms with Gasteiger partial charge in [0.25, 0.3) is 6.47 Å². The Balaban J connectivity index is 2.02. The molecule has 0 aromatic rings. The second-order valence-electron chi connectivity index (χ2n) is 4.00. The van der Waals surface area contributed by atoms with E-state index in [0.717, 1.165) is 0 Å². The number of rotatable bonds is 4. The van der Waals surface area contributed by atoms with Crippen molar-refractivity contribution in [3.8, 4) is 0 Å². The minimum absolute atomic E-state index is 0.0478. The summed E-state index contributed by atoms with van der Waals surface area (Å²) in [6, 6.07) is 0. The van der Waals surface area contributed by atoms with Crippen LogP contribution in [0.2, 0.25) is 0 Å². The SMILES string of the molecule is O=COC(CCl)C1OC2OC(C(Cl)(Cl)Cl)OC2C1O. The van der Waals surface area contributed by atoms with E-state index < -0.39 is 40.8 Å². The first-order chi connectivity index (χ1) is 8.88. The average Bonchev–Trinajstić information content (AvgIpc) is 2.86. The van der Waals surface area contributed by atoms with Gasteiger partial charge in [-0.2, -0.15) is 0 Å². The van der Waals surface area contributed by atoms with Gasteiger partial charge in [0.05, 0.1) is 5.88 Å². The minimum Gasteiger partial charge on any atom is -0.460 e. The summed E-state index contributed by atoms with van der Waals surface area (Å²) < 4.78 is 18.8. The van der Waals surface area contributed by atoms with Crippen LogP contribution in [-0.4, -0.2) is 58.2 Å². The summed E-state index contributed by atoms with van der Waals surface area (Å²) in [6.07, 6.45) is -5.71. The van der Waals surface area contributed by atoms with Gasteiger partial charge in [0.2, 0.25) is 10.1 Å². The monoisotopic (exact) mass is 354 g/mol. The van der Waals surface area contributed by atoms with E-state index in [1.165, 1.54) is 0 Å². The largest absolute Gasteiger partial charge is 0.460 e. The van der Waals surface area contributed by atoms with Crippen molar-refractivity contribution in [3.05, 3.63) is 0 Å². The molecule has 19 heavy (non-hydrogen) atoms. The van der Waals surface area contributed by atoms with Crippen LogP contribution in [0.3, 0.4) is 0 Å². The second-order valence-corrected chi connectivity index (χ2v) is 6.67. The van der Waals surface area contributed by atoms with Gasteiger partial charge in [-0.3, -0.25) is 4.79 Å². The Morgan fingerprint density at radius 1 is 1.32 bits per heavy atom. The van der Waals surface area contributed by atoms with Gasteiger partial charge in [-0.05, 0) is 0 Å². The molecule has 0 radical (unpaired) electrons. The maximum absolute atomic E-state index is 10.3. The van der Waals surface area contributed by atoms with Crippen molar-refractivity contribution in [2.24, 2.45) is 0 Å². The Morgan fingerprint density at radius 2 is 2.00 bits per heavy atom. The third kappa shape index (κ3) is 3.22. The molecule has 10 heteroatoms. The zero-order valence-corrected chi connectivity index (χ0v) is 12.3. The van der Waals surface area contributed by atoms with Crippen LogP contribution in [0.15, 0.2) is 0 Å². The van der Waals surface area contributed by atoms with Crippen LogP contribution in [-0.2, 0) is 23.7 Å². The number of ether oxygens (including phenoxy) is 4. The molecule has 2 aliphatic heterocycles. The zero-order valence-electron chi connectivity index (χ0n) is 9.25. The minimum atomic E-state index is -1.80. The fourth-order valence-corrected chi connectivity index (χ4v) is 2.50. The van der Waals surface area contributed by atoms with E-state index in [2.05, 4.69) is 0 Å². The molecule has 6 atom stereocenters. The van der Waals surface area contributed by atoms with E-state index in [-0.39, 0.29) is 12.4 Å². The van der Waals surface area contributed by atoms with Crippen LogP contribution in [0.5, 0.6) is 0 Å². The van der Waals surface area contributed by atoms with Gasteiger partial charge in [-0.15, -0.1) is 11.6 Å². The molecule has 110 valence electrons. The molecule has 0 aromatic carbocycles. The Labute approximate surface area is 128 Å². The molecule has 0 amide bonds. The number of aliphatic hydroxyl groups excluding tert-OH is 1. The van der Waals surface area contributed by atoms with E-state index in [0.29, 0.717) is 0 Å². The molecule has 6 unspecified atom stereocenters. The highest BCUT2D eigenvalue weighted by Crippen LogP contribution is 2.42. The Hall–Kier alpha value is 0.470. The first kappa shape index (κ1) is 15.9. The van der Waals surface area contributed by atoms with E-state index >= 15 is 0 Å². The van der Waals surface area contributed by atoms with Crippen molar-refractivity contribution in [3.63, 3.8) is 0 Å². The summed E-state index contributed by atoms with van der Waals surface area (Å²) >= 11 is 22.5. The van der Waals surface area contributed by atoms with E-state index in [1.54, 1.807) is 0 Å². The van der Waals surface area contributed by atoms with Gasteiger partial charge in [-0.25, -0.2) is 0 Å². The molecule has 2 saturated heterocycles. The summed E-state index contributed by atoms with van der Waals surface area (Å²) in [5.74, 6) is -0.0478. The van der Waals surface area contributed by atoms with Crippen molar-refractivity contribution in [1.29, 1.82) is 0 Å². The van der Waals surface area contributed by atoms with Crippen molar-refractivity contribution in [2.75, 3.05) is 5.88 Å². The molecule has 0 saturated carbocycles.